The highest BCUT2D eigenvalue weighted by atomic mass is 32.2. The van der Waals surface area contributed by atoms with Gasteiger partial charge in [-0.15, -0.1) is 0 Å². The lowest BCUT2D eigenvalue weighted by molar-refractivity contribution is 0.0827. The average Bonchev–Trinajstić information content (AvgIpc) is 2.47. The molecule has 116 valence electrons. The van der Waals surface area contributed by atoms with Crippen molar-refractivity contribution in [3.8, 4) is 5.75 Å². The van der Waals surface area contributed by atoms with Crippen LogP contribution in [0.25, 0.3) is 0 Å². The van der Waals surface area contributed by atoms with E-state index in [0.29, 0.717) is 11.6 Å². The molecular weight excluding hydrogens is 290 g/mol. The highest BCUT2D eigenvalue weighted by Gasteiger charge is 2.37. The van der Waals surface area contributed by atoms with Gasteiger partial charge in [0.2, 0.25) is 10.0 Å². The summed E-state index contributed by atoms with van der Waals surface area (Å²) in [6.07, 6.45) is 2.12. The van der Waals surface area contributed by atoms with Gasteiger partial charge in [0.25, 0.3) is 0 Å². The van der Waals surface area contributed by atoms with Gasteiger partial charge in [-0.3, -0.25) is 0 Å². The van der Waals surface area contributed by atoms with E-state index in [0.717, 1.165) is 32.5 Å². The molecule has 6 nitrogen and oxygen atoms in total. The number of sulfonamides is 1. The molecule has 0 aliphatic carbocycles. The maximum Gasteiger partial charge on any atom is 0.244 e. The molecule has 0 aromatic heterocycles. The zero-order chi connectivity index (χ0) is 15.0. The molecule has 2 bridgehead atoms. The molecule has 1 atom stereocenters. The summed E-state index contributed by atoms with van der Waals surface area (Å²) >= 11 is 0. The Labute approximate surface area is 125 Å². The number of piperidine rings is 3. The summed E-state index contributed by atoms with van der Waals surface area (Å²) in [5.74, 6) is 0.716. The topological polar surface area (TPSA) is 84.7 Å². The van der Waals surface area contributed by atoms with Crippen molar-refractivity contribution in [2.24, 2.45) is 5.92 Å². The van der Waals surface area contributed by atoms with Crippen molar-refractivity contribution in [2.75, 3.05) is 32.5 Å². The van der Waals surface area contributed by atoms with Crippen molar-refractivity contribution in [1.82, 2.24) is 9.62 Å². The lowest BCUT2D eigenvalue weighted by Gasteiger charge is -2.44. The van der Waals surface area contributed by atoms with Gasteiger partial charge in [-0.25, -0.2) is 13.1 Å². The maximum atomic E-state index is 12.6. The second-order valence-corrected chi connectivity index (χ2v) is 7.46. The van der Waals surface area contributed by atoms with Gasteiger partial charge in [0.1, 0.15) is 10.6 Å². The Kier molecular flexibility index (Phi) is 3.81. The van der Waals surface area contributed by atoms with Crippen molar-refractivity contribution >= 4 is 15.7 Å². The molecule has 3 saturated heterocycles. The zero-order valence-electron chi connectivity index (χ0n) is 12.1. The third kappa shape index (κ3) is 2.86. The van der Waals surface area contributed by atoms with Gasteiger partial charge in [0.05, 0.1) is 7.11 Å². The summed E-state index contributed by atoms with van der Waals surface area (Å²) in [6, 6.07) is 4.59. The van der Waals surface area contributed by atoms with E-state index in [2.05, 4.69) is 9.62 Å². The van der Waals surface area contributed by atoms with Crippen LogP contribution in [0.1, 0.15) is 12.8 Å². The van der Waals surface area contributed by atoms with Crippen molar-refractivity contribution in [3.05, 3.63) is 18.2 Å². The van der Waals surface area contributed by atoms with Gasteiger partial charge in [0.15, 0.2) is 0 Å². The zero-order valence-corrected chi connectivity index (χ0v) is 12.9. The third-order valence-electron chi connectivity index (χ3n) is 4.44. The quantitative estimate of drug-likeness (QED) is 0.798. The van der Waals surface area contributed by atoms with E-state index >= 15 is 0 Å². The first kappa shape index (κ1) is 14.6. The first-order chi connectivity index (χ1) is 9.99. The lowest BCUT2D eigenvalue weighted by atomic mass is 9.85. The van der Waals surface area contributed by atoms with Crippen LogP contribution in [-0.2, 0) is 10.0 Å². The average molecular weight is 311 g/mol. The number of hydrogen-bond acceptors (Lipinski definition) is 5. The Bertz CT molecular complexity index is 624. The lowest BCUT2D eigenvalue weighted by Crippen LogP contribution is -2.57. The van der Waals surface area contributed by atoms with E-state index in [1.54, 1.807) is 6.07 Å². The predicted octanol–water partition coefficient (Wildman–Crippen LogP) is 0.650. The number of nitrogen functional groups attached to an aromatic ring is 1. The fraction of sp³-hybridized carbons (Fsp3) is 0.571. The van der Waals surface area contributed by atoms with Crippen molar-refractivity contribution < 1.29 is 13.2 Å². The van der Waals surface area contributed by atoms with E-state index in [-0.39, 0.29) is 16.7 Å². The Morgan fingerprint density at radius 1 is 1.33 bits per heavy atom. The third-order valence-corrected chi connectivity index (χ3v) is 5.97. The molecule has 7 heteroatoms. The van der Waals surface area contributed by atoms with Crippen molar-refractivity contribution in [1.29, 1.82) is 0 Å². The monoisotopic (exact) mass is 311 g/mol. The van der Waals surface area contributed by atoms with Gasteiger partial charge in [-0.1, -0.05) is 0 Å². The summed E-state index contributed by atoms with van der Waals surface area (Å²) in [5.41, 5.74) is 6.16. The largest absolute Gasteiger partial charge is 0.495 e. The molecule has 1 aromatic rings. The number of ether oxygens (including phenoxy) is 1. The highest BCUT2D eigenvalue weighted by Crippen LogP contribution is 2.30. The smallest absolute Gasteiger partial charge is 0.244 e. The van der Waals surface area contributed by atoms with E-state index in [9.17, 15) is 8.42 Å². The molecule has 3 fully saturated rings. The van der Waals surface area contributed by atoms with E-state index < -0.39 is 10.0 Å². The van der Waals surface area contributed by atoms with Gasteiger partial charge in [-0.2, -0.15) is 0 Å². The van der Waals surface area contributed by atoms with Crippen LogP contribution in [0.2, 0.25) is 0 Å². The Balaban J connectivity index is 1.84. The summed E-state index contributed by atoms with van der Waals surface area (Å²) in [7, 11) is -2.15. The fourth-order valence-electron chi connectivity index (χ4n) is 3.27. The minimum atomic E-state index is -3.60. The summed E-state index contributed by atoms with van der Waals surface area (Å²) < 4.78 is 33.2. The molecular formula is C14H21N3O3S. The van der Waals surface area contributed by atoms with Gasteiger partial charge < -0.3 is 15.4 Å². The van der Waals surface area contributed by atoms with Crippen LogP contribution in [0.5, 0.6) is 5.75 Å². The normalized spacial score (nSPS) is 28.5. The Morgan fingerprint density at radius 3 is 2.62 bits per heavy atom. The van der Waals surface area contributed by atoms with Gasteiger partial charge in [-0.05, 0) is 44.0 Å². The molecule has 4 rings (SSSR count). The van der Waals surface area contributed by atoms with Crippen LogP contribution in [-0.4, -0.2) is 46.1 Å². The molecule has 21 heavy (non-hydrogen) atoms. The maximum absolute atomic E-state index is 12.6. The van der Waals surface area contributed by atoms with Crippen LogP contribution in [0.3, 0.4) is 0 Å². The first-order valence-corrected chi connectivity index (χ1v) is 8.66. The minimum absolute atomic E-state index is 0.0141. The SMILES string of the molecule is COc1cc(N)ccc1S(=O)(=O)NC1CN2CCC1CC2. The number of rotatable bonds is 4. The van der Waals surface area contributed by atoms with E-state index in [1.807, 2.05) is 0 Å². The van der Waals surface area contributed by atoms with E-state index in [4.69, 9.17) is 10.5 Å². The molecule has 0 amide bonds. The summed E-state index contributed by atoms with van der Waals surface area (Å²) in [6.45, 7) is 2.95. The molecule has 3 N–H and O–H groups in total. The molecule has 1 aromatic carbocycles. The number of nitrogens with one attached hydrogen (secondary N) is 1. The molecule has 1 unspecified atom stereocenters. The van der Waals surface area contributed by atoms with Crippen LogP contribution in [0, 0.1) is 5.92 Å². The van der Waals surface area contributed by atoms with Gasteiger partial charge in [0, 0.05) is 24.3 Å². The number of benzene rings is 1. The molecule has 0 spiro atoms. The fourth-order valence-corrected chi connectivity index (χ4v) is 4.71. The van der Waals surface area contributed by atoms with Crippen molar-refractivity contribution in [2.45, 2.75) is 23.8 Å². The molecule has 3 aliphatic rings. The molecule has 3 heterocycles. The number of anilines is 1. The van der Waals surface area contributed by atoms with Crippen molar-refractivity contribution in [3.63, 3.8) is 0 Å². The first-order valence-electron chi connectivity index (χ1n) is 7.18. The van der Waals surface area contributed by atoms with E-state index in [1.165, 1.54) is 19.2 Å². The second kappa shape index (κ2) is 5.47. The Morgan fingerprint density at radius 2 is 2.05 bits per heavy atom. The standard InChI is InChI=1S/C14H21N3O3S/c1-20-13-8-11(15)2-3-14(13)21(18,19)16-12-9-17-6-4-10(12)5-7-17/h2-3,8,10,12,16H,4-7,9,15H2,1H3. The molecule has 0 saturated carbocycles. The second-order valence-electron chi connectivity index (χ2n) is 5.78. The predicted molar refractivity (Wildman–Crippen MR) is 80.7 cm³/mol. The Hall–Kier alpha value is -1.31. The summed E-state index contributed by atoms with van der Waals surface area (Å²) in [4.78, 5) is 2.46. The number of nitrogens with two attached hydrogens (primary N) is 1. The van der Waals surface area contributed by atoms with Crippen LogP contribution in [0.4, 0.5) is 5.69 Å². The number of nitrogens with zero attached hydrogens (tertiary/aromatic N) is 1. The molecule has 0 radical (unpaired) electrons. The number of hydrogen-bond donors (Lipinski definition) is 2. The highest BCUT2D eigenvalue weighted by molar-refractivity contribution is 7.89. The van der Waals surface area contributed by atoms with Crippen LogP contribution >= 0.6 is 0 Å². The van der Waals surface area contributed by atoms with Gasteiger partial charge >= 0.3 is 0 Å². The van der Waals surface area contributed by atoms with Crippen LogP contribution < -0.4 is 15.2 Å². The number of fused-ring (bicyclic) bond motifs is 3. The molecule has 3 aliphatic heterocycles. The van der Waals surface area contributed by atoms with Crippen LogP contribution in [0.15, 0.2) is 23.1 Å². The minimum Gasteiger partial charge on any atom is -0.495 e. The number of methoxy groups -OCH3 is 1. The summed E-state index contributed by atoms with van der Waals surface area (Å²) in [5, 5.41) is 0.